The van der Waals surface area contributed by atoms with Crippen LogP contribution in [0.5, 0.6) is 0 Å². The number of nitrogens with zero attached hydrogens (tertiary/aromatic N) is 1. The van der Waals surface area contributed by atoms with E-state index in [1.54, 1.807) is 13.0 Å². The molecule has 2 nitrogen and oxygen atoms in total. The highest BCUT2D eigenvalue weighted by molar-refractivity contribution is 5.44. The van der Waals surface area contributed by atoms with Crippen molar-refractivity contribution in [3.8, 4) is 5.69 Å². The maximum atomic E-state index is 14.0. The first kappa shape index (κ1) is 13.2. The molecule has 0 fully saturated rings. The van der Waals surface area contributed by atoms with Gasteiger partial charge in [0.15, 0.2) is 11.6 Å². The van der Waals surface area contributed by atoms with Gasteiger partial charge in [0, 0.05) is 29.1 Å². The molecule has 0 spiro atoms. The van der Waals surface area contributed by atoms with E-state index in [1.807, 2.05) is 0 Å². The largest absolute Gasteiger partial charge is 0.388 e. The fraction of sp³-hybridized carbons (Fsp3) is 0.333. The fourth-order valence-electron chi connectivity index (χ4n) is 2.92. The van der Waals surface area contributed by atoms with Crippen molar-refractivity contribution in [3.05, 3.63) is 52.6 Å². The molecule has 3 rings (SSSR count). The summed E-state index contributed by atoms with van der Waals surface area (Å²) in [7, 11) is 0. The normalized spacial score (nSPS) is 18.1. The van der Waals surface area contributed by atoms with Crippen molar-refractivity contribution in [3.63, 3.8) is 0 Å². The smallest absolute Gasteiger partial charge is 0.182 e. The molecule has 106 valence electrons. The number of rotatable bonds is 1. The zero-order valence-electron chi connectivity index (χ0n) is 11.0. The zero-order valence-corrected chi connectivity index (χ0v) is 11.0. The Morgan fingerprint density at radius 3 is 2.70 bits per heavy atom. The summed E-state index contributed by atoms with van der Waals surface area (Å²) in [6.45, 7) is 1.73. The summed E-state index contributed by atoms with van der Waals surface area (Å²) in [5.41, 5.74) is 1.96. The Hall–Kier alpha value is -1.75. The van der Waals surface area contributed by atoms with Crippen molar-refractivity contribution in [2.24, 2.45) is 0 Å². The van der Waals surface area contributed by atoms with E-state index in [9.17, 15) is 18.3 Å². The number of fused-ring (bicyclic) bond motifs is 1. The first-order valence-electron chi connectivity index (χ1n) is 6.53. The summed E-state index contributed by atoms with van der Waals surface area (Å²) >= 11 is 0. The molecule has 20 heavy (non-hydrogen) atoms. The van der Waals surface area contributed by atoms with E-state index in [4.69, 9.17) is 0 Å². The van der Waals surface area contributed by atoms with Crippen LogP contribution >= 0.6 is 0 Å². The van der Waals surface area contributed by atoms with Gasteiger partial charge in [-0.05, 0) is 32.3 Å². The first-order chi connectivity index (χ1) is 9.49. The molecule has 0 saturated carbocycles. The van der Waals surface area contributed by atoms with Gasteiger partial charge in [0.2, 0.25) is 0 Å². The van der Waals surface area contributed by atoms with Crippen LogP contribution in [0.3, 0.4) is 0 Å². The molecule has 1 aromatic heterocycles. The van der Waals surface area contributed by atoms with Crippen LogP contribution in [0.15, 0.2) is 18.2 Å². The van der Waals surface area contributed by atoms with Crippen molar-refractivity contribution in [1.29, 1.82) is 0 Å². The molecular formula is C15H14F3NO. The Balaban J connectivity index is 2.26. The molecule has 0 amide bonds. The van der Waals surface area contributed by atoms with Crippen LogP contribution in [0.4, 0.5) is 13.2 Å². The minimum absolute atomic E-state index is 0.143. The second kappa shape index (κ2) is 4.66. The van der Waals surface area contributed by atoms with Crippen LogP contribution in [0.2, 0.25) is 0 Å². The SMILES string of the molecule is Cc1cc2c(n1-c1cc(F)cc(F)c1F)CCCC2O. The Kier molecular flexibility index (Phi) is 3.09. The van der Waals surface area contributed by atoms with Gasteiger partial charge < -0.3 is 9.67 Å². The Bertz CT molecular complexity index is 678. The summed E-state index contributed by atoms with van der Waals surface area (Å²) < 4.78 is 42.2. The average Bonchev–Trinajstić information content (AvgIpc) is 2.72. The monoisotopic (exact) mass is 281 g/mol. The van der Waals surface area contributed by atoms with Gasteiger partial charge in [-0.2, -0.15) is 0 Å². The number of aliphatic hydroxyl groups excluding tert-OH is 1. The summed E-state index contributed by atoms with van der Waals surface area (Å²) in [4.78, 5) is 0. The number of benzene rings is 1. The highest BCUT2D eigenvalue weighted by Gasteiger charge is 2.25. The second-order valence-electron chi connectivity index (χ2n) is 5.15. The third-order valence-corrected chi connectivity index (χ3v) is 3.79. The molecule has 1 atom stereocenters. The Morgan fingerprint density at radius 2 is 1.95 bits per heavy atom. The van der Waals surface area contributed by atoms with E-state index < -0.39 is 23.6 Å². The van der Waals surface area contributed by atoms with Crippen LogP contribution in [0.1, 0.15) is 35.9 Å². The van der Waals surface area contributed by atoms with Gasteiger partial charge >= 0.3 is 0 Å². The highest BCUT2D eigenvalue weighted by atomic mass is 19.2. The highest BCUT2D eigenvalue weighted by Crippen LogP contribution is 2.35. The van der Waals surface area contributed by atoms with Crippen molar-refractivity contribution in [2.75, 3.05) is 0 Å². The molecule has 1 aliphatic rings. The molecular weight excluding hydrogens is 267 g/mol. The molecule has 0 saturated heterocycles. The van der Waals surface area contributed by atoms with E-state index in [0.717, 1.165) is 23.7 Å². The van der Waals surface area contributed by atoms with Crippen LogP contribution in [-0.4, -0.2) is 9.67 Å². The molecule has 5 heteroatoms. The van der Waals surface area contributed by atoms with Gasteiger partial charge in [-0.1, -0.05) is 0 Å². The standard InChI is InChI=1S/C15H14F3NO/c1-8-5-10-12(3-2-4-14(10)20)19(8)13-7-9(16)6-11(17)15(13)18/h5-7,14,20H,2-4H2,1H3. The van der Waals surface area contributed by atoms with Crippen molar-refractivity contribution in [2.45, 2.75) is 32.3 Å². The van der Waals surface area contributed by atoms with Gasteiger partial charge in [-0.15, -0.1) is 0 Å². The molecule has 0 aliphatic heterocycles. The predicted molar refractivity (Wildman–Crippen MR) is 68.3 cm³/mol. The maximum absolute atomic E-state index is 14.0. The molecule has 1 N–H and O–H groups in total. The zero-order chi connectivity index (χ0) is 14.4. The Morgan fingerprint density at radius 1 is 1.20 bits per heavy atom. The average molecular weight is 281 g/mol. The van der Waals surface area contributed by atoms with E-state index in [1.165, 1.54) is 4.57 Å². The summed E-state index contributed by atoms with van der Waals surface area (Å²) in [5, 5.41) is 9.97. The number of aliphatic hydroxyl groups is 1. The van der Waals surface area contributed by atoms with Crippen molar-refractivity contribution < 1.29 is 18.3 Å². The lowest BCUT2D eigenvalue weighted by Crippen LogP contribution is -2.13. The lowest BCUT2D eigenvalue weighted by Gasteiger charge is -2.20. The third kappa shape index (κ3) is 1.93. The van der Waals surface area contributed by atoms with E-state index in [0.29, 0.717) is 24.6 Å². The number of hydrogen-bond acceptors (Lipinski definition) is 1. The van der Waals surface area contributed by atoms with Crippen molar-refractivity contribution >= 4 is 0 Å². The van der Waals surface area contributed by atoms with Gasteiger partial charge in [0.25, 0.3) is 0 Å². The topological polar surface area (TPSA) is 25.2 Å². The molecule has 0 radical (unpaired) electrons. The lowest BCUT2D eigenvalue weighted by atomic mass is 9.95. The summed E-state index contributed by atoms with van der Waals surface area (Å²) in [5.74, 6) is -3.11. The number of aromatic nitrogens is 1. The second-order valence-corrected chi connectivity index (χ2v) is 5.15. The van der Waals surface area contributed by atoms with Crippen LogP contribution in [0, 0.1) is 24.4 Å². The molecule has 1 aromatic carbocycles. The quantitative estimate of drug-likeness (QED) is 0.794. The molecule has 1 aliphatic carbocycles. The molecule has 1 heterocycles. The maximum Gasteiger partial charge on any atom is 0.182 e. The first-order valence-corrected chi connectivity index (χ1v) is 6.53. The van der Waals surface area contributed by atoms with E-state index >= 15 is 0 Å². The Labute approximate surface area is 114 Å². The summed E-state index contributed by atoms with van der Waals surface area (Å²) in [6.07, 6.45) is 1.46. The third-order valence-electron chi connectivity index (χ3n) is 3.79. The lowest BCUT2D eigenvalue weighted by molar-refractivity contribution is 0.156. The minimum atomic E-state index is -1.21. The number of halogens is 3. The van der Waals surface area contributed by atoms with Gasteiger partial charge in [0.05, 0.1) is 11.8 Å². The van der Waals surface area contributed by atoms with Gasteiger partial charge in [-0.25, -0.2) is 13.2 Å². The number of hydrogen-bond donors (Lipinski definition) is 1. The van der Waals surface area contributed by atoms with Gasteiger partial charge in [0.1, 0.15) is 5.82 Å². The van der Waals surface area contributed by atoms with Crippen molar-refractivity contribution in [1.82, 2.24) is 4.57 Å². The fourth-order valence-corrected chi connectivity index (χ4v) is 2.92. The molecule has 2 aromatic rings. The summed E-state index contributed by atoms with van der Waals surface area (Å²) in [6, 6.07) is 3.26. The van der Waals surface area contributed by atoms with Gasteiger partial charge in [-0.3, -0.25) is 0 Å². The van der Waals surface area contributed by atoms with E-state index in [2.05, 4.69) is 0 Å². The van der Waals surface area contributed by atoms with Crippen LogP contribution in [0.25, 0.3) is 5.69 Å². The van der Waals surface area contributed by atoms with E-state index in [-0.39, 0.29) is 5.69 Å². The minimum Gasteiger partial charge on any atom is -0.388 e. The molecule has 0 bridgehead atoms. The predicted octanol–water partition coefficient (Wildman–Crippen LogP) is 3.57. The van der Waals surface area contributed by atoms with Crippen LogP contribution in [-0.2, 0) is 6.42 Å². The van der Waals surface area contributed by atoms with Crippen LogP contribution < -0.4 is 0 Å². The number of aryl methyl sites for hydroxylation is 1. The molecule has 1 unspecified atom stereocenters.